The van der Waals surface area contributed by atoms with Crippen molar-refractivity contribution in [3.8, 4) is 0 Å². The molecule has 2 rings (SSSR count). The van der Waals surface area contributed by atoms with Crippen LogP contribution in [0.5, 0.6) is 0 Å². The van der Waals surface area contributed by atoms with Gasteiger partial charge >= 0.3 is 0 Å². The van der Waals surface area contributed by atoms with Gasteiger partial charge in [0.2, 0.25) is 15.9 Å². The lowest BCUT2D eigenvalue weighted by Crippen LogP contribution is -2.30. The molecule has 0 saturated carbocycles. The molecule has 0 aromatic heterocycles. The minimum Gasteiger partial charge on any atom is -0.351 e. The second kappa shape index (κ2) is 8.87. The number of anilines is 1. The number of non-ortho nitro benzene ring substituents is 1. The number of nitro groups is 1. The Morgan fingerprint density at radius 2 is 1.81 bits per heavy atom. The minimum atomic E-state index is -3.42. The van der Waals surface area contributed by atoms with Crippen molar-refractivity contribution in [2.24, 2.45) is 0 Å². The SMILES string of the molecule is CC(Sc1ccc([N+](=O)[O-])cc1)C(=O)NCc1ccccc1NS(C)(=O)=O. The van der Waals surface area contributed by atoms with Crippen LogP contribution in [-0.2, 0) is 21.4 Å². The highest BCUT2D eigenvalue weighted by Gasteiger charge is 2.16. The van der Waals surface area contributed by atoms with E-state index in [1.165, 1.54) is 23.9 Å². The summed E-state index contributed by atoms with van der Waals surface area (Å²) in [4.78, 5) is 23.2. The van der Waals surface area contributed by atoms with Crippen molar-refractivity contribution < 1.29 is 18.1 Å². The smallest absolute Gasteiger partial charge is 0.269 e. The largest absolute Gasteiger partial charge is 0.351 e. The number of carbonyl (C=O) groups is 1. The number of carbonyl (C=O) groups excluding carboxylic acids is 1. The maximum atomic E-state index is 12.3. The standard InChI is InChI=1S/C17H19N3O5S2/c1-12(26-15-9-7-14(8-10-15)20(22)23)17(21)18-11-13-5-3-4-6-16(13)19-27(2,24)25/h3-10,12,19H,11H2,1-2H3,(H,18,21). The van der Waals surface area contributed by atoms with Crippen LogP contribution >= 0.6 is 11.8 Å². The van der Waals surface area contributed by atoms with Crippen LogP contribution in [0, 0.1) is 10.1 Å². The summed E-state index contributed by atoms with van der Waals surface area (Å²) in [6.07, 6.45) is 1.06. The van der Waals surface area contributed by atoms with E-state index in [0.717, 1.165) is 11.2 Å². The minimum absolute atomic E-state index is 0.00793. The first kappa shape index (κ1) is 20.7. The predicted octanol–water partition coefficient (Wildman–Crippen LogP) is 2.76. The molecule has 0 fully saturated rings. The quantitative estimate of drug-likeness (QED) is 0.393. The Morgan fingerprint density at radius 3 is 2.41 bits per heavy atom. The van der Waals surface area contributed by atoms with Gasteiger partial charge in [-0.05, 0) is 30.7 Å². The summed E-state index contributed by atoms with van der Waals surface area (Å²) >= 11 is 1.28. The molecule has 0 spiro atoms. The molecule has 1 amide bonds. The first-order chi connectivity index (χ1) is 12.7. The number of benzene rings is 2. The van der Waals surface area contributed by atoms with Gasteiger partial charge in [-0.1, -0.05) is 18.2 Å². The molecule has 0 aliphatic heterocycles. The Balaban J connectivity index is 1.96. The highest BCUT2D eigenvalue weighted by atomic mass is 32.2. The summed E-state index contributed by atoms with van der Waals surface area (Å²) in [5.41, 5.74) is 1.05. The van der Waals surface area contributed by atoms with Crippen LogP contribution < -0.4 is 10.0 Å². The highest BCUT2D eigenvalue weighted by Crippen LogP contribution is 2.25. The molecule has 2 aromatic rings. The Hall–Kier alpha value is -2.59. The average Bonchev–Trinajstić information content (AvgIpc) is 2.59. The number of hydrogen-bond acceptors (Lipinski definition) is 6. The Labute approximate surface area is 161 Å². The van der Waals surface area contributed by atoms with Crippen LogP contribution in [0.2, 0.25) is 0 Å². The number of amides is 1. The first-order valence-electron chi connectivity index (χ1n) is 7.90. The van der Waals surface area contributed by atoms with E-state index in [-0.39, 0.29) is 18.1 Å². The van der Waals surface area contributed by atoms with Gasteiger partial charge in [-0.3, -0.25) is 19.6 Å². The van der Waals surface area contributed by atoms with Crippen LogP contribution in [0.1, 0.15) is 12.5 Å². The topological polar surface area (TPSA) is 118 Å². The summed E-state index contributed by atoms with van der Waals surface area (Å²) in [6.45, 7) is 1.89. The molecule has 1 unspecified atom stereocenters. The second-order valence-electron chi connectivity index (χ2n) is 5.76. The Morgan fingerprint density at radius 1 is 1.19 bits per heavy atom. The van der Waals surface area contributed by atoms with Crippen molar-refractivity contribution in [2.75, 3.05) is 11.0 Å². The third-order valence-electron chi connectivity index (χ3n) is 3.50. The Bertz CT molecular complexity index is 930. The third kappa shape index (κ3) is 6.57. The molecule has 144 valence electrons. The van der Waals surface area contributed by atoms with Gasteiger partial charge in [-0.15, -0.1) is 11.8 Å². The van der Waals surface area contributed by atoms with Crippen LogP contribution in [0.25, 0.3) is 0 Å². The molecule has 0 bridgehead atoms. The fourth-order valence-corrected chi connectivity index (χ4v) is 3.69. The second-order valence-corrected chi connectivity index (χ2v) is 8.92. The van der Waals surface area contributed by atoms with Crippen molar-refractivity contribution in [2.45, 2.75) is 23.6 Å². The molecular weight excluding hydrogens is 390 g/mol. The third-order valence-corrected chi connectivity index (χ3v) is 5.20. The van der Waals surface area contributed by atoms with Gasteiger partial charge in [-0.25, -0.2) is 8.42 Å². The van der Waals surface area contributed by atoms with E-state index >= 15 is 0 Å². The molecular formula is C17H19N3O5S2. The maximum Gasteiger partial charge on any atom is 0.269 e. The van der Waals surface area contributed by atoms with Crippen molar-refractivity contribution in [1.29, 1.82) is 0 Å². The Kier molecular flexibility index (Phi) is 6.81. The van der Waals surface area contributed by atoms with Crippen LogP contribution in [-0.4, -0.2) is 30.8 Å². The molecule has 8 nitrogen and oxygen atoms in total. The molecule has 0 radical (unpaired) electrons. The number of nitrogens with one attached hydrogen (secondary N) is 2. The molecule has 1 atom stereocenters. The summed E-state index contributed by atoms with van der Waals surface area (Å²) < 4.78 is 25.3. The molecule has 0 aliphatic rings. The van der Waals surface area contributed by atoms with E-state index in [1.54, 1.807) is 43.3 Å². The molecule has 0 heterocycles. The number of rotatable bonds is 8. The van der Waals surface area contributed by atoms with Gasteiger partial charge < -0.3 is 5.32 Å². The summed E-state index contributed by atoms with van der Waals surface area (Å²) in [6, 6.07) is 12.8. The highest BCUT2D eigenvalue weighted by molar-refractivity contribution is 8.00. The van der Waals surface area contributed by atoms with Crippen molar-refractivity contribution in [3.05, 3.63) is 64.2 Å². The predicted molar refractivity (Wildman–Crippen MR) is 105 cm³/mol. The molecule has 2 N–H and O–H groups in total. The van der Waals surface area contributed by atoms with E-state index in [1.807, 2.05) is 0 Å². The van der Waals surface area contributed by atoms with Crippen molar-refractivity contribution in [3.63, 3.8) is 0 Å². The van der Waals surface area contributed by atoms with Gasteiger partial charge in [0, 0.05) is 23.6 Å². The normalized spacial score (nSPS) is 12.2. The number of nitrogens with zero attached hydrogens (tertiary/aromatic N) is 1. The van der Waals surface area contributed by atoms with Gasteiger partial charge in [0.25, 0.3) is 5.69 Å². The molecule has 0 saturated heterocycles. The van der Waals surface area contributed by atoms with Gasteiger partial charge in [0.1, 0.15) is 0 Å². The fraction of sp³-hybridized carbons (Fsp3) is 0.235. The van der Waals surface area contributed by atoms with E-state index in [2.05, 4.69) is 10.0 Å². The number of nitro benzene ring substituents is 1. The zero-order valence-electron chi connectivity index (χ0n) is 14.7. The lowest BCUT2D eigenvalue weighted by molar-refractivity contribution is -0.384. The summed E-state index contributed by atoms with van der Waals surface area (Å²) in [7, 11) is -3.42. The number of sulfonamides is 1. The number of thioether (sulfide) groups is 1. The number of para-hydroxylation sites is 1. The molecule has 10 heteroatoms. The monoisotopic (exact) mass is 409 g/mol. The molecule has 0 aliphatic carbocycles. The summed E-state index contributed by atoms with van der Waals surface area (Å²) in [5, 5.41) is 13.0. The van der Waals surface area contributed by atoms with E-state index in [0.29, 0.717) is 11.3 Å². The molecule has 2 aromatic carbocycles. The lowest BCUT2D eigenvalue weighted by atomic mass is 10.2. The van der Waals surface area contributed by atoms with Gasteiger partial charge in [0.15, 0.2) is 0 Å². The van der Waals surface area contributed by atoms with E-state index in [9.17, 15) is 23.3 Å². The zero-order valence-corrected chi connectivity index (χ0v) is 16.3. The fourth-order valence-electron chi connectivity index (χ4n) is 2.20. The first-order valence-corrected chi connectivity index (χ1v) is 10.7. The summed E-state index contributed by atoms with van der Waals surface area (Å²) in [5.74, 6) is -0.229. The van der Waals surface area contributed by atoms with Gasteiger partial charge in [-0.2, -0.15) is 0 Å². The van der Waals surface area contributed by atoms with Crippen LogP contribution in [0.4, 0.5) is 11.4 Å². The number of hydrogen-bond donors (Lipinski definition) is 2. The zero-order chi connectivity index (χ0) is 20.0. The maximum absolute atomic E-state index is 12.3. The van der Waals surface area contributed by atoms with Crippen LogP contribution in [0.3, 0.4) is 0 Å². The van der Waals surface area contributed by atoms with E-state index in [4.69, 9.17) is 0 Å². The van der Waals surface area contributed by atoms with Gasteiger partial charge in [0.05, 0.1) is 22.1 Å². The van der Waals surface area contributed by atoms with Crippen molar-refractivity contribution >= 4 is 39.1 Å². The van der Waals surface area contributed by atoms with E-state index < -0.39 is 20.2 Å². The van der Waals surface area contributed by atoms with Crippen molar-refractivity contribution in [1.82, 2.24) is 5.32 Å². The average molecular weight is 409 g/mol. The van der Waals surface area contributed by atoms with Crippen LogP contribution in [0.15, 0.2) is 53.4 Å². The molecule has 27 heavy (non-hydrogen) atoms. The lowest BCUT2D eigenvalue weighted by Gasteiger charge is -2.14.